The number of nitrogens with zero attached hydrogens (tertiary/aromatic N) is 1. The predicted octanol–water partition coefficient (Wildman–Crippen LogP) is 3.68. The summed E-state index contributed by atoms with van der Waals surface area (Å²) in [6.45, 7) is 1.29. The zero-order valence-electron chi connectivity index (χ0n) is 13.2. The van der Waals surface area contributed by atoms with Gasteiger partial charge in [-0.25, -0.2) is 0 Å². The molecule has 0 unspecified atom stereocenters. The normalized spacial score (nSPS) is 12.8. The molecule has 0 atom stereocenters. The van der Waals surface area contributed by atoms with Crippen molar-refractivity contribution in [2.45, 2.75) is 32.6 Å². The average Bonchev–Trinajstić information content (AvgIpc) is 2.91. The molecule has 1 heterocycles. The Morgan fingerprint density at radius 3 is 2.75 bits per heavy atom. The van der Waals surface area contributed by atoms with Crippen molar-refractivity contribution in [1.82, 2.24) is 0 Å². The fraction of sp³-hybridized carbons (Fsp3) is 0.278. The summed E-state index contributed by atoms with van der Waals surface area (Å²) in [5.74, 6) is -0.663. The minimum Gasteiger partial charge on any atom is -0.426 e. The van der Waals surface area contributed by atoms with Gasteiger partial charge in [0.1, 0.15) is 16.8 Å². The van der Waals surface area contributed by atoms with Gasteiger partial charge in [0.2, 0.25) is 0 Å². The van der Waals surface area contributed by atoms with E-state index in [2.05, 4.69) is 11.4 Å². The number of carbonyl (C=O) groups excluding carboxylic acids is 2. The molecule has 0 bridgehead atoms. The molecule has 6 heteroatoms. The summed E-state index contributed by atoms with van der Waals surface area (Å²) in [4.78, 5) is 25.0. The number of para-hydroxylation sites is 1. The SMILES string of the molecule is CC(=O)Oc1ccccc1C(=O)Nc1sc2c(c1C#N)CCCC2. The second kappa shape index (κ2) is 6.85. The average molecular weight is 340 g/mol. The van der Waals surface area contributed by atoms with Crippen molar-refractivity contribution in [3.05, 3.63) is 45.8 Å². The van der Waals surface area contributed by atoms with Crippen LogP contribution in [0.4, 0.5) is 5.00 Å². The largest absolute Gasteiger partial charge is 0.426 e. The van der Waals surface area contributed by atoms with Crippen molar-refractivity contribution in [2.24, 2.45) is 0 Å². The maximum atomic E-state index is 12.6. The maximum Gasteiger partial charge on any atom is 0.308 e. The molecule has 0 radical (unpaired) electrons. The smallest absolute Gasteiger partial charge is 0.308 e. The van der Waals surface area contributed by atoms with Gasteiger partial charge in [-0.15, -0.1) is 11.3 Å². The molecule has 0 fully saturated rings. The Hall–Kier alpha value is -2.65. The van der Waals surface area contributed by atoms with E-state index in [0.29, 0.717) is 10.6 Å². The summed E-state index contributed by atoms with van der Waals surface area (Å²) in [5.41, 5.74) is 1.90. The van der Waals surface area contributed by atoms with Crippen LogP contribution in [0.15, 0.2) is 24.3 Å². The Kier molecular flexibility index (Phi) is 4.63. The van der Waals surface area contributed by atoms with Gasteiger partial charge in [-0.1, -0.05) is 12.1 Å². The first kappa shape index (κ1) is 16.2. The van der Waals surface area contributed by atoms with Gasteiger partial charge in [-0.3, -0.25) is 9.59 Å². The first-order valence-corrected chi connectivity index (χ1v) is 8.55. The summed E-state index contributed by atoms with van der Waals surface area (Å²) >= 11 is 1.47. The number of aryl methyl sites for hydroxylation is 1. The van der Waals surface area contributed by atoms with E-state index in [-0.39, 0.29) is 17.2 Å². The first-order chi connectivity index (χ1) is 11.6. The van der Waals surface area contributed by atoms with Crippen LogP contribution in [-0.2, 0) is 17.6 Å². The molecule has 2 aromatic rings. The predicted molar refractivity (Wildman–Crippen MR) is 91.4 cm³/mol. The van der Waals surface area contributed by atoms with Gasteiger partial charge in [0.25, 0.3) is 5.91 Å². The van der Waals surface area contributed by atoms with Crippen molar-refractivity contribution >= 4 is 28.2 Å². The molecule has 1 amide bonds. The number of rotatable bonds is 3. The number of benzene rings is 1. The number of nitriles is 1. The number of hydrogen-bond donors (Lipinski definition) is 1. The number of anilines is 1. The van der Waals surface area contributed by atoms with Gasteiger partial charge < -0.3 is 10.1 Å². The van der Waals surface area contributed by atoms with Gasteiger partial charge in [-0.05, 0) is 43.4 Å². The standard InChI is InChI=1S/C18H16N2O3S/c1-11(21)23-15-8-4-2-7-13(15)17(22)20-18-14(10-19)12-6-3-5-9-16(12)24-18/h2,4,7-8H,3,5-6,9H2,1H3,(H,20,22). The molecule has 1 aromatic carbocycles. The highest BCUT2D eigenvalue weighted by Crippen LogP contribution is 2.38. The van der Waals surface area contributed by atoms with Crippen LogP contribution in [0.2, 0.25) is 0 Å². The number of amides is 1. The van der Waals surface area contributed by atoms with Crippen molar-refractivity contribution in [3.63, 3.8) is 0 Å². The third-order valence-electron chi connectivity index (χ3n) is 3.90. The van der Waals surface area contributed by atoms with Gasteiger partial charge in [-0.2, -0.15) is 5.26 Å². The van der Waals surface area contributed by atoms with E-state index in [4.69, 9.17) is 4.74 Å². The van der Waals surface area contributed by atoms with Crippen molar-refractivity contribution in [1.29, 1.82) is 5.26 Å². The van der Waals surface area contributed by atoms with E-state index in [9.17, 15) is 14.9 Å². The fourth-order valence-electron chi connectivity index (χ4n) is 2.84. The molecule has 0 spiro atoms. The molecule has 122 valence electrons. The van der Waals surface area contributed by atoms with Gasteiger partial charge in [0, 0.05) is 11.8 Å². The minimum absolute atomic E-state index is 0.210. The number of esters is 1. The lowest BCUT2D eigenvalue weighted by atomic mass is 9.96. The molecule has 1 aromatic heterocycles. The lowest BCUT2D eigenvalue weighted by molar-refractivity contribution is -0.131. The Balaban J connectivity index is 1.90. The van der Waals surface area contributed by atoms with E-state index < -0.39 is 5.97 Å². The van der Waals surface area contributed by atoms with E-state index in [1.807, 2.05) is 0 Å². The maximum absolute atomic E-state index is 12.6. The van der Waals surface area contributed by atoms with Crippen molar-refractivity contribution in [2.75, 3.05) is 5.32 Å². The fourth-order valence-corrected chi connectivity index (χ4v) is 4.08. The molecule has 24 heavy (non-hydrogen) atoms. The van der Waals surface area contributed by atoms with Crippen LogP contribution >= 0.6 is 11.3 Å². The van der Waals surface area contributed by atoms with E-state index in [1.165, 1.54) is 23.1 Å². The van der Waals surface area contributed by atoms with Gasteiger partial charge in [0.05, 0.1) is 11.1 Å². The van der Waals surface area contributed by atoms with E-state index in [0.717, 1.165) is 31.2 Å². The highest BCUT2D eigenvalue weighted by molar-refractivity contribution is 7.16. The third-order valence-corrected chi connectivity index (χ3v) is 5.10. The zero-order chi connectivity index (χ0) is 17.1. The van der Waals surface area contributed by atoms with Crippen LogP contribution < -0.4 is 10.1 Å². The van der Waals surface area contributed by atoms with Crippen LogP contribution in [0.1, 0.15) is 46.1 Å². The van der Waals surface area contributed by atoms with Crippen LogP contribution in [0, 0.1) is 11.3 Å². The Morgan fingerprint density at radius 2 is 2.00 bits per heavy atom. The monoisotopic (exact) mass is 340 g/mol. The quantitative estimate of drug-likeness (QED) is 0.683. The Morgan fingerprint density at radius 1 is 1.25 bits per heavy atom. The molecule has 1 aliphatic carbocycles. The molecule has 5 nitrogen and oxygen atoms in total. The number of ether oxygens (including phenoxy) is 1. The highest BCUT2D eigenvalue weighted by atomic mass is 32.1. The highest BCUT2D eigenvalue weighted by Gasteiger charge is 2.23. The van der Waals surface area contributed by atoms with Crippen molar-refractivity contribution in [3.8, 4) is 11.8 Å². The molecule has 1 N–H and O–H groups in total. The second-order valence-electron chi connectivity index (χ2n) is 5.57. The molecule has 0 aliphatic heterocycles. The summed E-state index contributed by atoms with van der Waals surface area (Å²) in [7, 11) is 0. The molecule has 0 saturated heterocycles. The second-order valence-corrected chi connectivity index (χ2v) is 6.68. The van der Waals surface area contributed by atoms with Crippen LogP contribution in [0.3, 0.4) is 0 Å². The summed E-state index contributed by atoms with van der Waals surface area (Å²) in [6.07, 6.45) is 4.02. The van der Waals surface area contributed by atoms with E-state index in [1.54, 1.807) is 24.3 Å². The summed E-state index contributed by atoms with van der Waals surface area (Å²) < 4.78 is 5.08. The van der Waals surface area contributed by atoms with Crippen molar-refractivity contribution < 1.29 is 14.3 Å². The molecule has 3 rings (SSSR count). The third kappa shape index (κ3) is 3.17. The molecular weight excluding hydrogens is 324 g/mol. The van der Waals surface area contributed by atoms with Crippen LogP contribution in [-0.4, -0.2) is 11.9 Å². The summed E-state index contributed by atoms with van der Waals surface area (Å²) in [5, 5.41) is 12.8. The Bertz CT molecular complexity index is 848. The number of nitrogens with one attached hydrogen (secondary N) is 1. The number of carbonyl (C=O) groups is 2. The molecular formula is C18H16N2O3S. The first-order valence-electron chi connectivity index (χ1n) is 7.73. The Labute approximate surface area is 143 Å². The van der Waals surface area contributed by atoms with Crippen LogP contribution in [0.5, 0.6) is 5.75 Å². The minimum atomic E-state index is -0.487. The lowest BCUT2D eigenvalue weighted by Crippen LogP contribution is -2.14. The van der Waals surface area contributed by atoms with E-state index >= 15 is 0 Å². The van der Waals surface area contributed by atoms with Crippen LogP contribution in [0.25, 0.3) is 0 Å². The topological polar surface area (TPSA) is 79.2 Å². The lowest BCUT2D eigenvalue weighted by Gasteiger charge is -2.09. The molecule has 1 aliphatic rings. The van der Waals surface area contributed by atoms with Gasteiger partial charge >= 0.3 is 5.97 Å². The van der Waals surface area contributed by atoms with Gasteiger partial charge in [0.15, 0.2) is 0 Å². The summed E-state index contributed by atoms with van der Waals surface area (Å²) in [6, 6.07) is 8.77. The number of hydrogen-bond acceptors (Lipinski definition) is 5. The zero-order valence-corrected chi connectivity index (χ0v) is 14.0. The number of thiophene rings is 1. The molecule has 0 saturated carbocycles. The number of fused-ring (bicyclic) bond motifs is 1.